The van der Waals surface area contributed by atoms with Crippen LogP contribution in [0.2, 0.25) is 0 Å². The van der Waals surface area contributed by atoms with Crippen molar-refractivity contribution in [3.63, 3.8) is 0 Å². The van der Waals surface area contributed by atoms with Crippen LogP contribution in [0.3, 0.4) is 0 Å². The van der Waals surface area contributed by atoms with E-state index in [0.29, 0.717) is 30.7 Å². The van der Waals surface area contributed by atoms with Crippen molar-refractivity contribution < 1.29 is 18.0 Å². The van der Waals surface area contributed by atoms with Crippen molar-refractivity contribution in [3.8, 4) is 0 Å². The maximum atomic E-state index is 12.3. The molecule has 0 spiro atoms. The fraction of sp³-hybridized carbons (Fsp3) is 0.538. The Morgan fingerprint density at radius 2 is 2.24 bits per heavy atom. The topological polar surface area (TPSA) is 45.2 Å². The molecular weight excluding hydrogens is 351 g/mol. The van der Waals surface area contributed by atoms with Gasteiger partial charge in [-0.15, -0.1) is 0 Å². The summed E-state index contributed by atoms with van der Waals surface area (Å²) in [5, 5.41) is 2.72. The lowest BCUT2D eigenvalue weighted by Gasteiger charge is -2.17. The minimum Gasteiger partial charge on any atom is -0.350 e. The number of pyridine rings is 1. The van der Waals surface area contributed by atoms with E-state index >= 15 is 0 Å². The van der Waals surface area contributed by atoms with E-state index in [9.17, 15) is 18.0 Å². The molecule has 0 saturated carbocycles. The molecule has 1 amide bonds. The summed E-state index contributed by atoms with van der Waals surface area (Å²) in [6.07, 6.45) is -3.51. The molecule has 2 heterocycles. The third kappa shape index (κ3) is 5.28. The number of likely N-dealkylation sites (tertiary alicyclic amines) is 1. The second-order valence-corrected chi connectivity index (χ2v) is 5.87. The van der Waals surface area contributed by atoms with Gasteiger partial charge >= 0.3 is 6.18 Å². The summed E-state index contributed by atoms with van der Waals surface area (Å²) in [5.74, 6) is -0.269. The van der Waals surface area contributed by atoms with Crippen molar-refractivity contribution in [1.29, 1.82) is 0 Å². The number of rotatable bonds is 4. The van der Waals surface area contributed by atoms with Crippen molar-refractivity contribution in [2.24, 2.45) is 5.92 Å². The molecule has 1 saturated heterocycles. The smallest absolute Gasteiger partial charge is 0.350 e. The van der Waals surface area contributed by atoms with E-state index in [1.54, 1.807) is 18.2 Å². The van der Waals surface area contributed by atoms with E-state index in [1.165, 1.54) is 4.90 Å². The predicted octanol–water partition coefficient (Wildman–Crippen LogP) is 2.46. The SMILES string of the molecule is O=C(NCC1CCN(CC(F)(F)F)C1)c1cccc(Br)n1. The molecule has 1 aromatic rings. The number of carbonyl (C=O) groups excluding carboxylic acids is 1. The summed E-state index contributed by atoms with van der Waals surface area (Å²) in [6.45, 7) is 0.243. The number of hydrogen-bond acceptors (Lipinski definition) is 3. The van der Waals surface area contributed by atoms with Gasteiger partial charge in [0.15, 0.2) is 0 Å². The van der Waals surface area contributed by atoms with Crippen LogP contribution in [-0.2, 0) is 0 Å². The molecular formula is C13H15BrF3N3O. The molecule has 8 heteroatoms. The highest BCUT2D eigenvalue weighted by atomic mass is 79.9. The lowest BCUT2D eigenvalue weighted by Crippen LogP contribution is -2.34. The molecule has 0 aliphatic carbocycles. The third-order valence-corrected chi connectivity index (χ3v) is 3.71. The average Bonchev–Trinajstić information content (AvgIpc) is 2.81. The first-order valence-corrected chi connectivity index (χ1v) is 7.32. The second kappa shape index (κ2) is 6.74. The highest BCUT2D eigenvalue weighted by molar-refractivity contribution is 9.10. The van der Waals surface area contributed by atoms with Gasteiger partial charge in [0.05, 0.1) is 6.54 Å². The zero-order chi connectivity index (χ0) is 15.5. The van der Waals surface area contributed by atoms with Crippen molar-refractivity contribution in [1.82, 2.24) is 15.2 Å². The summed E-state index contributed by atoms with van der Waals surface area (Å²) < 4.78 is 37.4. The summed E-state index contributed by atoms with van der Waals surface area (Å²) in [5.41, 5.74) is 0.287. The molecule has 1 N–H and O–H groups in total. The highest BCUT2D eigenvalue weighted by Crippen LogP contribution is 2.22. The number of nitrogens with one attached hydrogen (secondary N) is 1. The number of nitrogens with zero attached hydrogens (tertiary/aromatic N) is 2. The fourth-order valence-electron chi connectivity index (χ4n) is 2.34. The summed E-state index contributed by atoms with van der Waals surface area (Å²) in [7, 11) is 0. The lowest BCUT2D eigenvalue weighted by atomic mass is 10.1. The molecule has 1 atom stereocenters. The van der Waals surface area contributed by atoms with Gasteiger partial charge in [-0.2, -0.15) is 13.2 Å². The molecule has 1 aliphatic rings. The maximum Gasteiger partial charge on any atom is 0.401 e. The first-order chi connectivity index (χ1) is 9.83. The molecule has 116 valence electrons. The van der Waals surface area contributed by atoms with Crippen molar-refractivity contribution in [2.75, 3.05) is 26.2 Å². The molecule has 0 aromatic carbocycles. The Kier molecular flexibility index (Phi) is 5.21. The van der Waals surface area contributed by atoms with Crippen LogP contribution in [-0.4, -0.2) is 48.1 Å². The van der Waals surface area contributed by atoms with Gasteiger partial charge in [-0.05, 0) is 46.9 Å². The number of alkyl halides is 3. The molecule has 1 unspecified atom stereocenters. The number of aromatic nitrogens is 1. The number of amides is 1. The first-order valence-electron chi connectivity index (χ1n) is 6.53. The Morgan fingerprint density at radius 1 is 1.48 bits per heavy atom. The van der Waals surface area contributed by atoms with E-state index in [2.05, 4.69) is 26.2 Å². The number of halogens is 4. The summed E-state index contributed by atoms with van der Waals surface area (Å²) in [6, 6.07) is 5.00. The van der Waals surface area contributed by atoms with Gasteiger partial charge in [-0.3, -0.25) is 9.69 Å². The van der Waals surface area contributed by atoms with Crippen LogP contribution in [0.15, 0.2) is 22.8 Å². The minimum atomic E-state index is -4.17. The second-order valence-electron chi connectivity index (χ2n) is 5.06. The first kappa shape index (κ1) is 16.2. The summed E-state index contributed by atoms with van der Waals surface area (Å²) >= 11 is 3.18. The van der Waals surface area contributed by atoms with Crippen molar-refractivity contribution in [2.45, 2.75) is 12.6 Å². The Hall–Kier alpha value is -1.15. The number of carbonyl (C=O) groups is 1. The Morgan fingerprint density at radius 3 is 2.90 bits per heavy atom. The van der Waals surface area contributed by atoms with E-state index in [4.69, 9.17) is 0 Å². The molecule has 0 bridgehead atoms. The Balaban J connectivity index is 1.78. The van der Waals surface area contributed by atoms with Crippen LogP contribution in [0.25, 0.3) is 0 Å². The zero-order valence-electron chi connectivity index (χ0n) is 11.2. The molecule has 2 rings (SSSR count). The lowest BCUT2D eigenvalue weighted by molar-refractivity contribution is -0.143. The van der Waals surface area contributed by atoms with Crippen molar-refractivity contribution in [3.05, 3.63) is 28.5 Å². The zero-order valence-corrected chi connectivity index (χ0v) is 12.7. The van der Waals surface area contributed by atoms with Gasteiger partial charge in [0.1, 0.15) is 10.3 Å². The van der Waals surface area contributed by atoms with Crippen molar-refractivity contribution >= 4 is 21.8 Å². The van der Waals surface area contributed by atoms with E-state index in [1.807, 2.05) is 0 Å². The van der Waals surface area contributed by atoms with Crippen LogP contribution in [0.4, 0.5) is 13.2 Å². The normalized spacial score (nSPS) is 19.7. The third-order valence-electron chi connectivity index (χ3n) is 3.27. The van der Waals surface area contributed by atoms with Crippen LogP contribution < -0.4 is 5.32 Å². The van der Waals surface area contributed by atoms with Crippen LogP contribution >= 0.6 is 15.9 Å². The number of hydrogen-bond donors (Lipinski definition) is 1. The molecule has 1 aromatic heterocycles. The van der Waals surface area contributed by atoms with E-state index in [-0.39, 0.29) is 17.5 Å². The Labute approximate surface area is 128 Å². The van der Waals surface area contributed by atoms with Gasteiger partial charge in [0.25, 0.3) is 5.91 Å². The summed E-state index contributed by atoms with van der Waals surface area (Å²) in [4.78, 5) is 17.3. The van der Waals surface area contributed by atoms with Gasteiger partial charge in [0.2, 0.25) is 0 Å². The van der Waals surface area contributed by atoms with Gasteiger partial charge < -0.3 is 5.32 Å². The molecule has 1 fully saturated rings. The predicted molar refractivity (Wildman–Crippen MR) is 74.9 cm³/mol. The van der Waals surface area contributed by atoms with Gasteiger partial charge in [-0.1, -0.05) is 6.07 Å². The van der Waals surface area contributed by atoms with Crippen LogP contribution in [0.1, 0.15) is 16.9 Å². The van der Waals surface area contributed by atoms with Crippen LogP contribution in [0, 0.1) is 5.92 Å². The van der Waals surface area contributed by atoms with Crippen LogP contribution in [0.5, 0.6) is 0 Å². The highest BCUT2D eigenvalue weighted by Gasteiger charge is 2.34. The Bertz CT molecular complexity index is 510. The molecule has 0 radical (unpaired) electrons. The maximum absolute atomic E-state index is 12.3. The monoisotopic (exact) mass is 365 g/mol. The fourth-order valence-corrected chi connectivity index (χ4v) is 2.68. The average molecular weight is 366 g/mol. The standard InChI is InChI=1S/C13H15BrF3N3O/c14-11-3-1-2-10(19-11)12(21)18-6-9-4-5-20(7-9)8-13(15,16)17/h1-3,9H,4-8H2,(H,18,21). The van der Waals surface area contributed by atoms with Gasteiger partial charge in [0, 0.05) is 13.1 Å². The quantitative estimate of drug-likeness (QED) is 0.833. The molecule has 1 aliphatic heterocycles. The van der Waals surface area contributed by atoms with Gasteiger partial charge in [-0.25, -0.2) is 4.98 Å². The largest absolute Gasteiger partial charge is 0.401 e. The minimum absolute atomic E-state index is 0.0449. The molecule has 21 heavy (non-hydrogen) atoms. The van der Waals surface area contributed by atoms with E-state index in [0.717, 1.165) is 0 Å². The molecule has 4 nitrogen and oxygen atoms in total. The van der Waals surface area contributed by atoms with E-state index < -0.39 is 12.7 Å².